The Morgan fingerprint density at radius 1 is 0.914 bits per heavy atom. The Morgan fingerprint density at radius 3 is 2.11 bits per heavy atom. The van der Waals surface area contributed by atoms with Crippen LogP contribution in [0.3, 0.4) is 0 Å². The summed E-state index contributed by atoms with van der Waals surface area (Å²) in [7, 11) is 0. The van der Waals surface area contributed by atoms with E-state index in [9.17, 15) is 14.4 Å². The summed E-state index contributed by atoms with van der Waals surface area (Å²) in [5.74, 6) is -1.24. The van der Waals surface area contributed by atoms with Gasteiger partial charge in [-0.1, -0.05) is 58.5 Å². The van der Waals surface area contributed by atoms with Crippen molar-refractivity contribution in [1.29, 1.82) is 0 Å². The van der Waals surface area contributed by atoms with E-state index in [2.05, 4.69) is 52.5 Å². The van der Waals surface area contributed by atoms with Gasteiger partial charge in [-0.2, -0.15) is 0 Å². The molecule has 2 aromatic rings. The van der Waals surface area contributed by atoms with Gasteiger partial charge in [0.2, 0.25) is 0 Å². The summed E-state index contributed by atoms with van der Waals surface area (Å²) in [5.41, 5.74) is 4.49. The third-order valence-electron chi connectivity index (χ3n) is 6.70. The minimum atomic E-state index is -0.486. The quantitative estimate of drug-likeness (QED) is 0.283. The van der Waals surface area contributed by atoms with Gasteiger partial charge in [0, 0.05) is 19.0 Å². The molecule has 3 rings (SSSR count). The summed E-state index contributed by atoms with van der Waals surface area (Å²) < 4.78 is 10.2. The Kier molecular flexibility index (Phi) is 7.83. The van der Waals surface area contributed by atoms with Crippen LogP contribution in [0.25, 0.3) is 0 Å². The number of nitrogens with zero attached hydrogens (tertiary/aromatic N) is 1. The standard InChI is InChI=1S/C29H35NO5/c1-7-16-34-27(33)23-11-9-22(10-12-23)26(32)30(19-35-20(2)31)18-21-8-13-24-25(17-21)29(5,6)15-14-28(24,3)4/h7-13,17H,1,14-16,18-19H2,2-6H3. The smallest absolute Gasteiger partial charge is 0.338 e. The molecule has 0 aromatic heterocycles. The van der Waals surface area contributed by atoms with Crippen LogP contribution >= 0.6 is 0 Å². The Morgan fingerprint density at radius 2 is 1.51 bits per heavy atom. The predicted molar refractivity (Wildman–Crippen MR) is 135 cm³/mol. The van der Waals surface area contributed by atoms with E-state index in [0.717, 1.165) is 18.4 Å². The van der Waals surface area contributed by atoms with Crippen LogP contribution in [-0.4, -0.2) is 36.1 Å². The number of hydrogen-bond donors (Lipinski definition) is 0. The number of carbonyl (C=O) groups excluding carboxylic acids is 3. The monoisotopic (exact) mass is 477 g/mol. The van der Waals surface area contributed by atoms with E-state index in [1.807, 2.05) is 0 Å². The summed E-state index contributed by atoms with van der Waals surface area (Å²) in [6.45, 7) is 14.1. The van der Waals surface area contributed by atoms with Gasteiger partial charge in [-0.05, 0) is 64.6 Å². The topological polar surface area (TPSA) is 72.9 Å². The number of carbonyl (C=O) groups is 3. The van der Waals surface area contributed by atoms with E-state index < -0.39 is 11.9 Å². The zero-order valence-corrected chi connectivity index (χ0v) is 21.3. The molecule has 0 bridgehead atoms. The van der Waals surface area contributed by atoms with Crippen LogP contribution in [0.4, 0.5) is 0 Å². The fourth-order valence-electron chi connectivity index (χ4n) is 4.45. The summed E-state index contributed by atoms with van der Waals surface area (Å²) in [4.78, 5) is 38.4. The summed E-state index contributed by atoms with van der Waals surface area (Å²) in [6.07, 6.45) is 3.71. The van der Waals surface area contributed by atoms with Gasteiger partial charge in [-0.3, -0.25) is 9.59 Å². The summed E-state index contributed by atoms with van der Waals surface area (Å²) >= 11 is 0. The van der Waals surface area contributed by atoms with Crippen LogP contribution in [0, 0.1) is 0 Å². The van der Waals surface area contributed by atoms with Crippen LogP contribution in [0.5, 0.6) is 0 Å². The molecule has 0 atom stereocenters. The number of amides is 1. The minimum Gasteiger partial charge on any atom is -0.458 e. The molecule has 0 fully saturated rings. The lowest BCUT2D eigenvalue weighted by Crippen LogP contribution is -2.35. The third kappa shape index (κ3) is 6.18. The number of ether oxygens (including phenoxy) is 2. The largest absolute Gasteiger partial charge is 0.458 e. The molecule has 0 aliphatic heterocycles. The fraction of sp³-hybridized carbons (Fsp3) is 0.414. The molecule has 1 amide bonds. The van der Waals surface area contributed by atoms with E-state index in [1.54, 1.807) is 24.3 Å². The number of hydrogen-bond acceptors (Lipinski definition) is 5. The molecule has 0 saturated carbocycles. The summed E-state index contributed by atoms with van der Waals surface area (Å²) in [5, 5.41) is 0. The molecule has 6 nitrogen and oxygen atoms in total. The second-order valence-corrected chi connectivity index (χ2v) is 10.4. The van der Waals surface area contributed by atoms with Crippen molar-refractivity contribution in [2.45, 2.75) is 64.8 Å². The van der Waals surface area contributed by atoms with E-state index >= 15 is 0 Å². The zero-order valence-electron chi connectivity index (χ0n) is 21.3. The fourth-order valence-corrected chi connectivity index (χ4v) is 4.45. The molecule has 2 aromatic carbocycles. The maximum absolute atomic E-state index is 13.3. The van der Waals surface area contributed by atoms with Gasteiger partial charge in [-0.25, -0.2) is 4.79 Å². The van der Waals surface area contributed by atoms with Crippen molar-refractivity contribution in [3.8, 4) is 0 Å². The molecule has 186 valence electrons. The van der Waals surface area contributed by atoms with E-state index in [1.165, 1.54) is 29.0 Å². The summed E-state index contributed by atoms with van der Waals surface area (Å²) in [6, 6.07) is 12.7. The van der Waals surface area contributed by atoms with Gasteiger partial charge in [0.05, 0.1) is 5.56 Å². The zero-order chi connectivity index (χ0) is 25.8. The van der Waals surface area contributed by atoms with Gasteiger partial charge in [0.15, 0.2) is 6.73 Å². The second kappa shape index (κ2) is 10.5. The minimum absolute atomic E-state index is 0.0433. The Hall–Kier alpha value is -3.41. The molecule has 1 aliphatic rings. The van der Waals surface area contributed by atoms with E-state index in [-0.39, 0.29) is 30.1 Å². The number of benzene rings is 2. The van der Waals surface area contributed by atoms with Gasteiger partial charge < -0.3 is 14.4 Å². The molecule has 0 saturated heterocycles. The third-order valence-corrected chi connectivity index (χ3v) is 6.70. The highest BCUT2D eigenvalue weighted by Crippen LogP contribution is 2.46. The van der Waals surface area contributed by atoms with Crippen molar-refractivity contribution in [3.05, 3.63) is 82.9 Å². The maximum Gasteiger partial charge on any atom is 0.338 e. The van der Waals surface area contributed by atoms with Crippen molar-refractivity contribution in [2.24, 2.45) is 0 Å². The highest BCUT2D eigenvalue weighted by atomic mass is 16.5. The van der Waals surface area contributed by atoms with E-state index in [0.29, 0.717) is 17.7 Å². The first-order chi connectivity index (χ1) is 16.4. The number of rotatable bonds is 8. The van der Waals surface area contributed by atoms with Crippen molar-refractivity contribution in [3.63, 3.8) is 0 Å². The number of fused-ring (bicyclic) bond motifs is 1. The molecule has 1 aliphatic carbocycles. The van der Waals surface area contributed by atoms with Crippen LogP contribution < -0.4 is 0 Å². The highest BCUT2D eigenvalue weighted by molar-refractivity contribution is 5.96. The lowest BCUT2D eigenvalue weighted by Gasteiger charge is -2.42. The Labute approximate surface area is 207 Å². The first-order valence-corrected chi connectivity index (χ1v) is 11.9. The van der Waals surface area contributed by atoms with Crippen molar-refractivity contribution < 1.29 is 23.9 Å². The van der Waals surface area contributed by atoms with Crippen molar-refractivity contribution >= 4 is 17.8 Å². The predicted octanol–water partition coefficient (Wildman–Crippen LogP) is 5.54. The van der Waals surface area contributed by atoms with Gasteiger partial charge >= 0.3 is 11.9 Å². The normalized spacial score (nSPS) is 15.5. The Balaban J connectivity index is 1.86. The second-order valence-electron chi connectivity index (χ2n) is 10.4. The lowest BCUT2D eigenvalue weighted by atomic mass is 9.63. The molecule has 0 heterocycles. The van der Waals surface area contributed by atoms with Gasteiger partial charge in [-0.15, -0.1) is 0 Å². The molecule has 0 radical (unpaired) electrons. The maximum atomic E-state index is 13.3. The SMILES string of the molecule is C=CCOC(=O)c1ccc(C(=O)N(COC(C)=O)Cc2ccc3c(c2)C(C)(C)CCC3(C)C)cc1. The van der Waals surface area contributed by atoms with E-state index in [4.69, 9.17) is 9.47 Å². The molecular formula is C29H35NO5. The first kappa shape index (κ1) is 26.2. The van der Waals surface area contributed by atoms with Gasteiger partial charge in [0.25, 0.3) is 5.91 Å². The van der Waals surface area contributed by atoms with Crippen LogP contribution in [-0.2, 0) is 31.6 Å². The average Bonchev–Trinajstić information content (AvgIpc) is 2.82. The molecule has 6 heteroatoms. The van der Waals surface area contributed by atoms with Crippen molar-refractivity contribution in [1.82, 2.24) is 4.90 Å². The molecular weight excluding hydrogens is 442 g/mol. The first-order valence-electron chi connectivity index (χ1n) is 11.9. The molecule has 0 unspecified atom stereocenters. The number of esters is 2. The lowest BCUT2D eigenvalue weighted by molar-refractivity contribution is -0.144. The molecule has 35 heavy (non-hydrogen) atoms. The Bertz CT molecular complexity index is 1110. The molecule has 0 spiro atoms. The van der Waals surface area contributed by atoms with Gasteiger partial charge in [0.1, 0.15) is 6.61 Å². The molecule has 0 N–H and O–H groups in total. The van der Waals surface area contributed by atoms with Crippen LogP contribution in [0.1, 0.15) is 84.9 Å². The highest BCUT2D eigenvalue weighted by Gasteiger charge is 2.37. The average molecular weight is 478 g/mol. The van der Waals surface area contributed by atoms with Crippen molar-refractivity contribution in [2.75, 3.05) is 13.3 Å². The van der Waals surface area contributed by atoms with Crippen LogP contribution in [0.2, 0.25) is 0 Å². The van der Waals surface area contributed by atoms with Crippen LogP contribution in [0.15, 0.2) is 55.1 Å².